The van der Waals surface area contributed by atoms with Crippen molar-refractivity contribution in [1.82, 2.24) is 19.7 Å². The third kappa shape index (κ3) is 2.56. The predicted molar refractivity (Wildman–Crippen MR) is 92.0 cm³/mol. The molecule has 118 valence electrons. The maximum absolute atomic E-state index is 4.56. The fraction of sp³-hybridized carbons (Fsp3) is 0.389. The average Bonchev–Trinajstić information content (AvgIpc) is 2.99. The minimum atomic E-state index is 0.709. The summed E-state index contributed by atoms with van der Waals surface area (Å²) in [6, 6.07) is 8.34. The molecule has 0 saturated carbocycles. The van der Waals surface area contributed by atoms with Crippen LogP contribution in [0.4, 0.5) is 5.82 Å². The van der Waals surface area contributed by atoms with Crippen molar-refractivity contribution < 1.29 is 0 Å². The van der Waals surface area contributed by atoms with Crippen molar-refractivity contribution in [1.29, 1.82) is 0 Å². The molecular weight excluding hydrogens is 286 g/mol. The van der Waals surface area contributed by atoms with Crippen molar-refractivity contribution in [2.75, 3.05) is 18.0 Å². The molecule has 2 aromatic heterocycles. The molecule has 1 aromatic carbocycles. The van der Waals surface area contributed by atoms with Gasteiger partial charge in [-0.05, 0) is 37.8 Å². The molecule has 3 heterocycles. The minimum Gasteiger partial charge on any atom is -0.356 e. The lowest BCUT2D eigenvalue weighted by Gasteiger charge is -2.31. The van der Waals surface area contributed by atoms with Crippen molar-refractivity contribution in [3.05, 3.63) is 42.4 Å². The van der Waals surface area contributed by atoms with Crippen LogP contribution in [0.15, 0.2) is 36.8 Å². The Bertz CT molecular complexity index is 821. The molecule has 0 spiro atoms. The lowest BCUT2D eigenvalue weighted by molar-refractivity contribution is 0.445. The standard InChI is InChI=1S/C18H21N5/c1-13-5-7-15(8-6-13)23-18-16(10-21-23)17(19-12-20-18)22-9-3-4-14(2)11-22/h5-8,10,12,14H,3-4,9,11H2,1-2H3/t14-/m0/s1. The molecule has 0 aliphatic carbocycles. The van der Waals surface area contributed by atoms with Gasteiger partial charge in [0.25, 0.3) is 0 Å². The van der Waals surface area contributed by atoms with Crippen LogP contribution in [-0.2, 0) is 0 Å². The number of rotatable bonds is 2. The summed E-state index contributed by atoms with van der Waals surface area (Å²) in [5.41, 5.74) is 3.14. The number of hydrogen-bond acceptors (Lipinski definition) is 4. The highest BCUT2D eigenvalue weighted by molar-refractivity contribution is 5.87. The number of fused-ring (bicyclic) bond motifs is 1. The number of benzene rings is 1. The molecule has 0 bridgehead atoms. The van der Waals surface area contributed by atoms with Crippen LogP contribution in [0.3, 0.4) is 0 Å². The number of aromatic nitrogens is 4. The summed E-state index contributed by atoms with van der Waals surface area (Å²) in [5, 5.41) is 5.59. The van der Waals surface area contributed by atoms with Gasteiger partial charge >= 0.3 is 0 Å². The minimum absolute atomic E-state index is 0.709. The first kappa shape index (κ1) is 14.2. The SMILES string of the molecule is Cc1ccc(-n2ncc3c(N4CCC[C@H](C)C4)ncnc32)cc1. The largest absolute Gasteiger partial charge is 0.356 e. The van der Waals surface area contributed by atoms with E-state index in [0.717, 1.165) is 35.6 Å². The normalized spacial score (nSPS) is 18.5. The van der Waals surface area contributed by atoms with Crippen LogP contribution in [0, 0.1) is 12.8 Å². The van der Waals surface area contributed by atoms with Crippen LogP contribution in [0.25, 0.3) is 16.7 Å². The van der Waals surface area contributed by atoms with Crippen LogP contribution in [0.2, 0.25) is 0 Å². The first-order chi connectivity index (χ1) is 11.2. The Kier molecular flexibility index (Phi) is 3.48. The van der Waals surface area contributed by atoms with E-state index in [2.05, 4.69) is 58.1 Å². The number of anilines is 1. The number of aryl methyl sites for hydroxylation is 1. The van der Waals surface area contributed by atoms with Gasteiger partial charge in [-0.15, -0.1) is 0 Å². The molecule has 1 saturated heterocycles. The Morgan fingerprint density at radius 2 is 1.96 bits per heavy atom. The highest BCUT2D eigenvalue weighted by Crippen LogP contribution is 2.28. The van der Waals surface area contributed by atoms with Crippen molar-refractivity contribution >= 4 is 16.9 Å². The van der Waals surface area contributed by atoms with Crippen molar-refractivity contribution in [3.8, 4) is 5.69 Å². The Balaban J connectivity index is 1.78. The molecule has 0 unspecified atom stereocenters. The molecule has 0 amide bonds. The van der Waals surface area contributed by atoms with E-state index in [9.17, 15) is 0 Å². The smallest absolute Gasteiger partial charge is 0.168 e. The van der Waals surface area contributed by atoms with E-state index < -0.39 is 0 Å². The van der Waals surface area contributed by atoms with Crippen LogP contribution in [0.1, 0.15) is 25.3 Å². The fourth-order valence-corrected chi connectivity index (χ4v) is 3.34. The third-order valence-electron chi connectivity index (χ3n) is 4.58. The maximum atomic E-state index is 4.56. The first-order valence-corrected chi connectivity index (χ1v) is 8.23. The quantitative estimate of drug-likeness (QED) is 0.728. The van der Waals surface area contributed by atoms with Gasteiger partial charge in [0.1, 0.15) is 12.1 Å². The van der Waals surface area contributed by atoms with Gasteiger partial charge in [-0.2, -0.15) is 5.10 Å². The number of hydrogen-bond donors (Lipinski definition) is 0. The summed E-state index contributed by atoms with van der Waals surface area (Å²) in [4.78, 5) is 11.4. The highest BCUT2D eigenvalue weighted by atomic mass is 15.3. The monoisotopic (exact) mass is 307 g/mol. The van der Waals surface area contributed by atoms with Gasteiger partial charge in [-0.3, -0.25) is 0 Å². The number of piperidine rings is 1. The fourth-order valence-electron chi connectivity index (χ4n) is 3.34. The van der Waals surface area contributed by atoms with Gasteiger partial charge in [0.2, 0.25) is 0 Å². The van der Waals surface area contributed by atoms with Crippen LogP contribution in [0.5, 0.6) is 0 Å². The molecule has 1 fully saturated rings. The van der Waals surface area contributed by atoms with Crippen molar-refractivity contribution in [2.24, 2.45) is 5.92 Å². The van der Waals surface area contributed by atoms with Gasteiger partial charge in [-0.25, -0.2) is 14.6 Å². The van der Waals surface area contributed by atoms with Gasteiger partial charge in [-0.1, -0.05) is 24.6 Å². The topological polar surface area (TPSA) is 46.8 Å². The van der Waals surface area contributed by atoms with E-state index in [-0.39, 0.29) is 0 Å². The van der Waals surface area contributed by atoms with Crippen LogP contribution < -0.4 is 4.90 Å². The summed E-state index contributed by atoms with van der Waals surface area (Å²) in [7, 11) is 0. The molecule has 23 heavy (non-hydrogen) atoms. The molecule has 0 radical (unpaired) electrons. The highest BCUT2D eigenvalue weighted by Gasteiger charge is 2.21. The zero-order chi connectivity index (χ0) is 15.8. The second kappa shape index (κ2) is 5.65. The summed E-state index contributed by atoms with van der Waals surface area (Å²) < 4.78 is 1.90. The molecule has 1 atom stereocenters. The Morgan fingerprint density at radius 1 is 1.13 bits per heavy atom. The molecular formula is C18H21N5. The number of nitrogens with zero attached hydrogens (tertiary/aromatic N) is 5. The van der Waals surface area contributed by atoms with E-state index in [1.165, 1.54) is 18.4 Å². The lowest BCUT2D eigenvalue weighted by Crippen LogP contribution is -2.34. The second-order valence-electron chi connectivity index (χ2n) is 6.52. The summed E-state index contributed by atoms with van der Waals surface area (Å²) in [6.07, 6.45) is 6.07. The van der Waals surface area contributed by atoms with Gasteiger partial charge in [0.15, 0.2) is 5.65 Å². The summed E-state index contributed by atoms with van der Waals surface area (Å²) in [5.74, 6) is 1.72. The molecule has 5 heteroatoms. The summed E-state index contributed by atoms with van der Waals surface area (Å²) >= 11 is 0. The molecule has 4 rings (SSSR count). The molecule has 1 aliphatic heterocycles. The molecule has 0 N–H and O–H groups in total. The van der Waals surface area contributed by atoms with E-state index in [1.54, 1.807) is 6.33 Å². The lowest BCUT2D eigenvalue weighted by atomic mass is 10.0. The molecule has 3 aromatic rings. The second-order valence-corrected chi connectivity index (χ2v) is 6.52. The van der Waals surface area contributed by atoms with Gasteiger partial charge in [0, 0.05) is 13.1 Å². The van der Waals surface area contributed by atoms with Gasteiger partial charge in [0.05, 0.1) is 17.3 Å². The van der Waals surface area contributed by atoms with E-state index in [0.29, 0.717) is 5.92 Å². The Morgan fingerprint density at radius 3 is 2.74 bits per heavy atom. The Hall–Kier alpha value is -2.43. The first-order valence-electron chi connectivity index (χ1n) is 8.23. The maximum Gasteiger partial charge on any atom is 0.168 e. The van der Waals surface area contributed by atoms with Crippen LogP contribution >= 0.6 is 0 Å². The molecule has 5 nitrogen and oxygen atoms in total. The molecule has 1 aliphatic rings. The van der Waals surface area contributed by atoms with E-state index >= 15 is 0 Å². The van der Waals surface area contributed by atoms with E-state index in [1.807, 2.05) is 10.9 Å². The van der Waals surface area contributed by atoms with Crippen LogP contribution in [-0.4, -0.2) is 32.8 Å². The zero-order valence-corrected chi connectivity index (χ0v) is 13.6. The third-order valence-corrected chi connectivity index (χ3v) is 4.58. The van der Waals surface area contributed by atoms with Crippen molar-refractivity contribution in [2.45, 2.75) is 26.7 Å². The predicted octanol–water partition coefficient (Wildman–Crippen LogP) is 3.36. The zero-order valence-electron chi connectivity index (χ0n) is 13.6. The summed E-state index contributed by atoms with van der Waals surface area (Å²) in [6.45, 7) is 6.51. The Labute approximate surface area is 136 Å². The van der Waals surface area contributed by atoms with Crippen molar-refractivity contribution in [3.63, 3.8) is 0 Å². The van der Waals surface area contributed by atoms with Gasteiger partial charge < -0.3 is 4.90 Å². The van der Waals surface area contributed by atoms with E-state index in [4.69, 9.17) is 0 Å². The average molecular weight is 307 g/mol.